The van der Waals surface area contributed by atoms with Gasteiger partial charge in [-0.3, -0.25) is 0 Å². The molecule has 0 saturated carbocycles. The highest BCUT2D eigenvalue weighted by atomic mass is 79.9. The largest absolute Gasteiger partial charge is 0.416 e. The van der Waals surface area contributed by atoms with Crippen LogP contribution in [-0.2, 0) is 6.18 Å². The molecule has 100 valence electrons. The zero-order valence-corrected chi connectivity index (χ0v) is 11.3. The van der Waals surface area contributed by atoms with Gasteiger partial charge in [0.25, 0.3) is 0 Å². The third kappa shape index (κ3) is 4.14. The standard InChI is InChI=1S/C13H14BrF3O/c1-2-3-4-5-12(18)10-7-6-9(14)8-11(10)13(15,16)17/h2,6-8,12,18H,1,3-5H2. The van der Waals surface area contributed by atoms with Gasteiger partial charge in [-0.15, -0.1) is 6.58 Å². The van der Waals surface area contributed by atoms with Gasteiger partial charge in [0.1, 0.15) is 0 Å². The molecule has 0 bridgehead atoms. The van der Waals surface area contributed by atoms with Crippen molar-refractivity contribution in [3.63, 3.8) is 0 Å². The predicted molar refractivity (Wildman–Crippen MR) is 68.2 cm³/mol. The normalized spacial score (nSPS) is 13.4. The summed E-state index contributed by atoms with van der Waals surface area (Å²) < 4.78 is 38.8. The lowest BCUT2D eigenvalue weighted by atomic mass is 9.98. The maximum atomic E-state index is 12.8. The zero-order chi connectivity index (χ0) is 13.8. The van der Waals surface area contributed by atoms with Crippen molar-refractivity contribution in [2.75, 3.05) is 0 Å². The van der Waals surface area contributed by atoms with E-state index >= 15 is 0 Å². The minimum Gasteiger partial charge on any atom is -0.388 e. The summed E-state index contributed by atoms with van der Waals surface area (Å²) in [5.74, 6) is 0. The molecule has 1 aromatic rings. The highest BCUT2D eigenvalue weighted by Crippen LogP contribution is 2.37. The molecule has 0 aromatic heterocycles. The number of allylic oxidation sites excluding steroid dienone is 1. The first-order chi connectivity index (χ1) is 8.36. The van der Waals surface area contributed by atoms with E-state index in [2.05, 4.69) is 22.5 Å². The number of aliphatic hydroxyl groups is 1. The van der Waals surface area contributed by atoms with E-state index in [9.17, 15) is 18.3 Å². The molecule has 0 radical (unpaired) electrons. The Labute approximate surface area is 112 Å². The van der Waals surface area contributed by atoms with Crippen molar-refractivity contribution in [2.45, 2.75) is 31.5 Å². The van der Waals surface area contributed by atoms with Crippen LogP contribution in [0.4, 0.5) is 13.2 Å². The van der Waals surface area contributed by atoms with Crippen molar-refractivity contribution in [1.29, 1.82) is 0 Å². The Kier molecular flexibility index (Phi) is 5.41. The fraction of sp³-hybridized carbons (Fsp3) is 0.385. The molecule has 0 aliphatic rings. The summed E-state index contributed by atoms with van der Waals surface area (Å²) in [6.45, 7) is 3.53. The van der Waals surface area contributed by atoms with Crippen molar-refractivity contribution < 1.29 is 18.3 Å². The van der Waals surface area contributed by atoms with Gasteiger partial charge in [-0.25, -0.2) is 0 Å². The third-order valence-corrected chi connectivity index (χ3v) is 3.06. The number of alkyl halides is 3. The summed E-state index contributed by atoms with van der Waals surface area (Å²) in [4.78, 5) is 0. The molecule has 0 aliphatic carbocycles. The molecular formula is C13H14BrF3O. The summed E-state index contributed by atoms with van der Waals surface area (Å²) >= 11 is 3.01. The molecule has 1 atom stereocenters. The Hall–Kier alpha value is -0.810. The van der Waals surface area contributed by atoms with Crippen LogP contribution in [0.2, 0.25) is 0 Å². The summed E-state index contributed by atoms with van der Waals surface area (Å²) in [7, 11) is 0. The van der Waals surface area contributed by atoms with Gasteiger partial charge in [-0.05, 0) is 37.0 Å². The number of unbranched alkanes of at least 4 members (excludes halogenated alkanes) is 1. The minimum atomic E-state index is -4.46. The number of halogens is 4. The monoisotopic (exact) mass is 322 g/mol. The second kappa shape index (κ2) is 6.38. The van der Waals surface area contributed by atoms with E-state index in [-0.39, 0.29) is 12.0 Å². The molecule has 1 unspecified atom stereocenters. The van der Waals surface area contributed by atoms with Crippen LogP contribution in [-0.4, -0.2) is 5.11 Å². The molecule has 0 aliphatic heterocycles. The van der Waals surface area contributed by atoms with Crippen molar-refractivity contribution >= 4 is 15.9 Å². The number of rotatable bonds is 5. The van der Waals surface area contributed by atoms with Gasteiger partial charge in [0.05, 0.1) is 11.7 Å². The fourth-order valence-corrected chi connectivity index (χ4v) is 2.04. The smallest absolute Gasteiger partial charge is 0.388 e. The molecule has 0 heterocycles. The van der Waals surface area contributed by atoms with Crippen LogP contribution < -0.4 is 0 Å². The van der Waals surface area contributed by atoms with Gasteiger partial charge in [-0.2, -0.15) is 13.2 Å². The maximum absolute atomic E-state index is 12.8. The second-order valence-corrected chi connectivity index (χ2v) is 4.88. The molecule has 5 heteroatoms. The number of hydrogen-bond donors (Lipinski definition) is 1. The zero-order valence-electron chi connectivity index (χ0n) is 9.67. The lowest BCUT2D eigenvalue weighted by molar-refractivity contribution is -0.139. The Morgan fingerprint density at radius 1 is 1.39 bits per heavy atom. The first kappa shape index (κ1) is 15.2. The van der Waals surface area contributed by atoms with Crippen molar-refractivity contribution in [2.24, 2.45) is 0 Å². The van der Waals surface area contributed by atoms with Crippen LogP contribution >= 0.6 is 15.9 Å². The lowest BCUT2D eigenvalue weighted by Crippen LogP contribution is -2.12. The Morgan fingerprint density at radius 3 is 2.61 bits per heavy atom. The van der Waals surface area contributed by atoms with Crippen molar-refractivity contribution in [3.05, 3.63) is 46.5 Å². The SMILES string of the molecule is C=CCCCC(O)c1ccc(Br)cc1C(F)(F)F. The Morgan fingerprint density at radius 2 is 2.06 bits per heavy atom. The molecule has 0 saturated heterocycles. The summed E-state index contributed by atoms with van der Waals surface area (Å²) in [6, 6.07) is 3.80. The summed E-state index contributed by atoms with van der Waals surface area (Å²) in [5.41, 5.74) is -0.863. The minimum absolute atomic E-state index is 0.0743. The number of aliphatic hydroxyl groups excluding tert-OH is 1. The average molecular weight is 323 g/mol. The van der Waals surface area contributed by atoms with Gasteiger partial charge in [0.15, 0.2) is 0 Å². The third-order valence-electron chi connectivity index (χ3n) is 2.57. The maximum Gasteiger partial charge on any atom is 0.416 e. The second-order valence-electron chi connectivity index (χ2n) is 3.96. The van der Waals surface area contributed by atoms with E-state index in [0.29, 0.717) is 17.3 Å². The first-order valence-electron chi connectivity index (χ1n) is 5.52. The van der Waals surface area contributed by atoms with Crippen LogP contribution in [0, 0.1) is 0 Å². The van der Waals surface area contributed by atoms with Crippen LogP contribution in [0.1, 0.15) is 36.5 Å². The predicted octanol–water partition coefficient (Wildman–Crippen LogP) is 4.86. The van der Waals surface area contributed by atoms with Crippen molar-refractivity contribution in [1.82, 2.24) is 0 Å². The molecule has 0 fully saturated rings. The molecule has 1 rings (SSSR count). The first-order valence-corrected chi connectivity index (χ1v) is 6.31. The van der Waals surface area contributed by atoms with Crippen LogP contribution in [0.3, 0.4) is 0 Å². The van der Waals surface area contributed by atoms with E-state index in [4.69, 9.17) is 0 Å². The van der Waals surface area contributed by atoms with Crippen LogP contribution in [0.25, 0.3) is 0 Å². The van der Waals surface area contributed by atoms with E-state index in [1.165, 1.54) is 12.1 Å². The summed E-state index contributed by atoms with van der Waals surface area (Å²) in [6.07, 6.45) is -2.31. The van der Waals surface area contributed by atoms with E-state index in [1.54, 1.807) is 6.08 Å². The topological polar surface area (TPSA) is 20.2 Å². The fourth-order valence-electron chi connectivity index (χ4n) is 1.68. The van der Waals surface area contributed by atoms with Gasteiger partial charge >= 0.3 is 6.18 Å². The van der Waals surface area contributed by atoms with E-state index in [0.717, 1.165) is 6.07 Å². The van der Waals surface area contributed by atoms with Gasteiger partial charge in [-0.1, -0.05) is 28.1 Å². The lowest BCUT2D eigenvalue weighted by Gasteiger charge is -2.17. The van der Waals surface area contributed by atoms with Gasteiger partial charge in [0, 0.05) is 4.47 Å². The molecular weight excluding hydrogens is 309 g/mol. The number of hydrogen-bond acceptors (Lipinski definition) is 1. The van der Waals surface area contributed by atoms with Gasteiger partial charge < -0.3 is 5.11 Å². The molecule has 1 nitrogen and oxygen atoms in total. The molecule has 1 aromatic carbocycles. The van der Waals surface area contributed by atoms with Crippen LogP contribution in [0.5, 0.6) is 0 Å². The molecule has 18 heavy (non-hydrogen) atoms. The average Bonchev–Trinajstić information content (AvgIpc) is 2.28. The summed E-state index contributed by atoms with van der Waals surface area (Å²) in [5, 5.41) is 9.83. The molecule has 0 amide bonds. The number of benzene rings is 1. The van der Waals surface area contributed by atoms with Gasteiger partial charge in [0.2, 0.25) is 0 Å². The molecule has 0 spiro atoms. The van der Waals surface area contributed by atoms with Crippen molar-refractivity contribution in [3.8, 4) is 0 Å². The Balaban J connectivity index is 2.97. The highest BCUT2D eigenvalue weighted by Gasteiger charge is 2.35. The highest BCUT2D eigenvalue weighted by molar-refractivity contribution is 9.10. The Bertz CT molecular complexity index is 415. The van der Waals surface area contributed by atoms with Crippen LogP contribution in [0.15, 0.2) is 35.3 Å². The van der Waals surface area contributed by atoms with E-state index < -0.39 is 17.8 Å². The molecule has 1 N–H and O–H groups in total. The quantitative estimate of drug-likeness (QED) is 0.606. The van der Waals surface area contributed by atoms with E-state index in [1.807, 2.05) is 0 Å².